The van der Waals surface area contributed by atoms with Crippen LogP contribution in [0.15, 0.2) is 30.5 Å². The van der Waals surface area contributed by atoms with Gasteiger partial charge in [-0.15, -0.1) is 0 Å². The van der Waals surface area contributed by atoms with Gasteiger partial charge in [0.05, 0.1) is 11.3 Å². The monoisotopic (exact) mass is 387 g/mol. The average Bonchev–Trinajstić information content (AvgIpc) is 3.07. The number of carbonyl (C=O) groups excluding carboxylic acids is 1. The molecule has 1 N–H and O–H groups in total. The molecule has 4 nitrogen and oxygen atoms in total. The Morgan fingerprint density at radius 3 is 2.60 bits per heavy atom. The highest BCUT2D eigenvalue weighted by Gasteiger charge is 2.30. The van der Waals surface area contributed by atoms with Crippen LogP contribution in [0.2, 0.25) is 4.34 Å². The lowest BCUT2D eigenvalue weighted by molar-refractivity contribution is -0.137. The van der Waals surface area contributed by atoms with Crippen LogP contribution in [0.3, 0.4) is 0 Å². The molecule has 3 rings (SSSR count). The number of halogens is 4. The third-order valence-electron chi connectivity index (χ3n) is 3.65. The van der Waals surface area contributed by atoms with E-state index in [0.29, 0.717) is 32.7 Å². The van der Waals surface area contributed by atoms with Crippen molar-refractivity contribution in [2.45, 2.75) is 26.1 Å². The summed E-state index contributed by atoms with van der Waals surface area (Å²) in [5.41, 5.74) is 0.894. The molecule has 2 aromatic heterocycles. The Kier molecular flexibility index (Phi) is 4.75. The SMILES string of the molecule is CCc1nc2sc(Cl)cn2c1C(=O)NCc1ccc(C(F)(F)F)cc1. The predicted octanol–water partition coefficient (Wildman–Crippen LogP) is 4.56. The topological polar surface area (TPSA) is 46.4 Å². The number of benzene rings is 1. The van der Waals surface area contributed by atoms with E-state index < -0.39 is 11.7 Å². The lowest BCUT2D eigenvalue weighted by Gasteiger charge is -2.09. The second-order valence-corrected chi connectivity index (χ2v) is 6.97. The van der Waals surface area contributed by atoms with Crippen LogP contribution in [0.4, 0.5) is 13.2 Å². The molecule has 0 unspecified atom stereocenters. The minimum atomic E-state index is -4.38. The zero-order chi connectivity index (χ0) is 18.2. The summed E-state index contributed by atoms with van der Waals surface area (Å²) in [5, 5.41) is 2.72. The number of hydrogen-bond acceptors (Lipinski definition) is 3. The smallest absolute Gasteiger partial charge is 0.347 e. The summed E-state index contributed by atoms with van der Waals surface area (Å²) in [6.45, 7) is 2.01. The molecule has 0 spiro atoms. The van der Waals surface area contributed by atoms with Gasteiger partial charge in [0, 0.05) is 12.7 Å². The van der Waals surface area contributed by atoms with Crippen molar-refractivity contribution in [2.24, 2.45) is 0 Å². The van der Waals surface area contributed by atoms with E-state index in [0.717, 1.165) is 12.1 Å². The Morgan fingerprint density at radius 1 is 1.32 bits per heavy atom. The van der Waals surface area contributed by atoms with Gasteiger partial charge in [-0.2, -0.15) is 13.2 Å². The van der Waals surface area contributed by atoms with E-state index in [2.05, 4.69) is 10.3 Å². The van der Waals surface area contributed by atoms with E-state index in [1.807, 2.05) is 6.92 Å². The van der Waals surface area contributed by atoms with Crippen LogP contribution in [0.1, 0.15) is 34.2 Å². The molecular formula is C16H13ClF3N3OS. The number of nitrogens with one attached hydrogen (secondary N) is 1. The van der Waals surface area contributed by atoms with Gasteiger partial charge >= 0.3 is 6.18 Å². The van der Waals surface area contributed by atoms with Crippen LogP contribution in [0, 0.1) is 0 Å². The molecule has 3 aromatic rings. The van der Waals surface area contributed by atoms with Gasteiger partial charge < -0.3 is 5.32 Å². The van der Waals surface area contributed by atoms with E-state index in [-0.39, 0.29) is 12.5 Å². The molecule has 132 valence electrons. The first-order valence-electron chi connectivity index (χ1n) is 7.40. The number of imidazole rings is 1. The molecule has 0 aliphatic rings. The van der Waals surface area contributed by atoms with Crippen molar-refractivity contribution in [1.82, 2.24) is 14.7 Å². The maximum atomic E-state index is 12.6. The molecule has 0 bridgehead atoms. The Morgan fingerprint density at radius 2 is 2.00 bits per heavy atom. The van der Waals surface area contributed by atoms with Crippen LogP contribution < -0.4 is 5.32 Å². The highest BCUT2D eigenvalue weighted by Crippen LogP contribution is 2.29. The minimum absolute atomic E-state index is 0.116. The van der Waals surface area contributed by atoms with E-state index in [4.69, 9.17) is 11.6 Å². The van der Waals surface area contributed by atoms with E-state index >= 15 is 0 Å². The molecule has 2 heterocycles. The second kappa shape index (κ2) is 6.68. The van der Waals surface area contributed by atoms with Gasteiger partial charge in [-0.05, 0) is 24.1 Å². The summed E-state index contributed by atoms with van der Waals surface area (Å²) in [6, 6.07) is 4.68. The van der Waals surface area contributed by atoms with Crippen molar-refractivity contribution in [2.75, 3.05) is 0 Å². The average molecular weight is 388 g/mol. The second-order valence-electron chi connectivity index (χ2n) is 5.33. The summed E-state index contributed by atoms with van der Waals surface area (Å²) in [5.74, 6) is -0.348. The maximum Gasteiger partial charge on any atom is 0.416 e. The molecule has 1 aromatic carbocycles. The Labute approximate surface area is 150 Å². The number of rotatable bonds is 4. The first-order valence-corrected chi connectivity index (χ1v) is 8.59. The first-order chi connectivity index (χ1) is 11.8. The van der Waals surface area contributed by atoms with E-state index in [1.54, 1.807) is 10.6 Å². The molecule has 0 saturated heterocycles. The Hall–Kier alpha value is -2.06. The Bertz CT molecular complexity index is 915. The first kappa shape index (κ1) is 17.8. The minimum Gasteiger partial charge on any atom is -0.347 e. The normalized spacial score (nSPS) is 11.9. The lowest BCUT2D eigenvalue weighted by atomic mass is 10.1. The van der Waals surface area contributed by atoms with Gasteiger partial charge in [0.25, 0.3) is 5.91 Å². The van der Waals surface area contributed by atoms with Crippen molar-refractivity contribution >= 4 is 33.8 Å². The quantitative estimate of drug-likeness (QED) is 0.713. The van der Waals surface area contributed by atoms with Gasteiger partial charge in [0.1, 0.15) is 10.0 Å². The van der Waals surface area contributed by atoms with Crippen LogP contribution in [-0.4, -0.2) is 15.3 Å². The molecule has 0 atom stereocenters. The lowest BCUT2D eigenvalue weighted by Crippen LogP contribution is -2.25. The number of carbonyl (C=O) groups is 1. The van der Waals surface area contributed by atoms with Gasteiger partial charge in [0.2, 0.25) is 0 Å². The molecule has 1 amide bonds. The zero-order valence-corrected chi connectivity index (χ0v) is 14.6. The number of nitrogens with zero attached hydrogens (tertiary/aromatic N) is 2. The molecule has 0 aliphatic heterocycles. The molecule has 9 heteroatoms. The predicted molar refractivity (Wildman–Crippen MR) is 90.1 cm³/mol. The number of thiazole rings is 1. The largest absolute Gasteiger partial charge is 0.416 e. The molecule has 0 fully saturated rings. The molecule has 25 heavy (non-hydrogen) atoms. The van der Waals surface area contributed by atoms with Crippen molar-refractivity contribution < 1.29 is 18.0 Å². The Balaban J connectivity index is 1.77. The van der Waals surface area contributed by atoms with Gasteiger partial charge in [-0.1, -0.05) is 42.0 Å². The number of fused-ring (bicyclic) bond motifs is 1. The number of amides is 1. The fraction of sp³-hybridized carbons (Fsp3) is 0.250. The highest BCUT2D eigenvalue weighted by atomic mass is 35.5. The molecule has 0 radical (unpaired) electrons. The van der Waals surface area contributed by atoms with Crippen molar-refractivity contribution in [3.05, 3.63) is 57.3 Å². The number of alkyl halides is 3. The molecular weight excluding hydrogens is 375 g/mol. The van der Waals surface area contributed by atoms with Gasteiger partial charge in [-0.3, -0.25) is 9.20 Å². The summed E-state index contributed by atoms with van der Waals surface area (Å²) < 4.78 is 39.8. The molecule has 0 aliphatic carbocycles. The van der Waals surface area contributed by atoms with Crippen molar-refractivity contribution in [3.8, 4) is 0 Å². The summed E-state index contributed by atoms with van der Waals surface area (Å²) in [4.78, 5) is 17.5. The van der Waals surface area contributed by atoms with Crippen LogP contribution in [0.25, 0.3) is 4.96 Å². The van der Waals surface area contributed by atoms with E-state index in [1.165, 1.54) is 23.5 Å². The fourth-order valence-electron chi connectivity index (χ4n) is 2.43. The highest BCUT2D eigenvalue weighted by molar-refractivity contribution is 7.20. The maximum absolute atomic E-state index is 12.6. The van der Waals surface area contributed by atoms with Gasteiger partial charge in [-0.25, -0.2) is 4.98 Å². The number of hydrogen-bond donors (Lipinski definition) is 1. The van der Waals surface area contributed by atoms with Crippen LogP contribution in [-0.2, 0) is 19.1 Å². The third-order valence-corrected chi connectivity index (χ3v) is 4.75. The van der Waals surface area contributed by atoms with Crippen molar-refractivity contribution in [1.29, 1.82) is 0 Å². The standard InChI is InChI=1S/C16H13ClF3N3OS/c1-2-11-13(23-8-12(17)25-15(23)22-11)14(24)21-7-9-3-5-10(6-4-9)16(18,19)20/h3-6,8H,2,7H2,1H3,(H,21,24). The van der Waals surface area contributed by atoms with Crippen LogP contribution >= 0.6 is 22.9 Å². The van der Waals surface area contributed by atoms with E-state index in [9.17, 15) is 18.0 Å². The summed E-state index contributed by atoms with van der Waals surface area (Å²) >= 11 is 7.22. The number of aryl methyl sites for hydroxylation is 1. The summed E-state index contributed by atoms with van der Waals surface area (Å²) in [7, 11) is 0. The van der Waals surface area contributed by atoms with Crippen molar-refractivity contribution in [3.63, 3.8) is 0 Å². The van der Waals surface area contributed by atoms with Gasteiger partial charge in [0.15, 0.2) is 4.96 Å². The zero-order valence-electron chi connectivity index (χ0n) is 13.0. The fourth-order valence-corrected chi connectivity index (χ4v) is 3.46. The number of aromatic nitrogens is 2. The molecule has 0 saturated carbocycles. The summed E-state index contributed by atoms with van der Waals surface area (Å²) in [6.07, 6.45) is -2.17. The van der Waals surface area contributed by atoms with Crippen LogP contribution in [0.5, 0.6) is 0 Å². The third kappa shape index (κ3) is 3.64.